The zero-order chi connectivity index (χ0) is 13.4. The lowest BCUT2D eigenvalue weighted by molar-refractivity contribution is 0.0798. The van der Waals surface area contributed by atoms with E-state index in [0.717, 1.165) is 6.42 Å². The number of rotatable bonds is 2. The average molecular weight is 330 g/mol. The minimum atomic E-state index is -0.0131. The van der Waals surface area contributed by atoms with Gasteiger partial charge in [0, 0.05) is 26.7 Å². The van der Waals surface area contributed by atoms with Crippen LogP contribution in [0.3, 0.4) is 0 Å². The lowest BCUT2D eigenvalue weighted by atomic mass is 9.61. The number of halogens is 1. The first-order chi connectivity index (χ1) is 8.31. The normalized spacial score (nSPS) is 29.5. The summed E-state index contributed by atoms with van der Waals surface area (Å²) >= 11 is 5.37. The molecular formula is C15H24BrNS. The molecule has 0 aliphatic heterocycles. The Morgan fingerprint density at radius 3 is 2.72 bits per heavy atom. The standard InChI is InChI=1S/C15H24BrNS/c1-14(2,3)13-6-4-5-7-15(13,17)9-12-8-11(16)10-18-12/h8,10,13H,4-7,9,17H2,1-3H3. The Kier molecular flexibility index (Phi) is 4.25. The number of nitrogens with two attached hydrogens (primary N) is 1. The number of hydrogen-bond donors (Lipinski definition) is 1. The minimum absolute atomic E-state index is 0.0131. The molecule has 1 nitrogen and oxygen atoms in total. The topological polar surface area (TPSA) is 26.0 Å². The summed E-state index contributed by atoms with van der Waals surface area (Å²) in [6.07, 6.45) is 6.12. The Balaban J connectivity index is 2.20. The SMILES string of the molecule is CC(C)(C)C1CCCCC1(N)Cc1cc(Br)cs1. The van der Waals surface area contributed by atoms with Crippen LogP contribution in [0.4, 0.5) is 0 Å². The Hall–Kier alpha value is 0.140. The highest BCUT2D eigenvalue weighted by Gasteiger charge is 2.43. The molecule has 1 aromatic heterocycles. The van der Waals surface area contributed by atoms with Gasteiger partial charge in [0.05, 0.1) is 0 Å². The molecule has 2 N–H and O–H groups in total. The Morgan fingerprint density at radius 1 is 1.44 bits per heavy atom. The maximum absolute atomic E-state index is 6.82. The van der Waals surface area contributed by atoms with Gasteiger partial charge in [0.2, 0.25) is 0 Å². The second-order valence-electron chi connectivity index (χ2n) is 6.81. The van der Waals surface area contributed by atoms with Gasteiger partial charge >= 0.3 is 0 Å². The molecule has 1 aromatic rings. The molecule has 18 heavy (non-hydrogen) atoms. The highest BCUT2D eigenvalue weighted by molar-refractivity contribution is 9.10. The first-order valence-corrected chi connectivity index (χ1v) is 8.50. The van der Waals surface area contributed by atoms with Gasteiger partial charge < -0.3 is 5.73 Å². The van der Waals surface area contributed by atoms with E-state index in [0.29, 0.717) is 11.3 Å². The minimum Gasteiger partial charge on any atom is -0.325 e. The van der Waals surface area contributed by atoms with Gasteiger partial charge in [-0.05, 0) is 46.2 Å². The molecule has 0 amide bonds. The quantitative estimate of drug-likeness (QED) is 0.812. The van der Waals surface area contributed by atoms with Crippen LogP contribution in [-0.2, 0) is 6.42 Å². The summed E-state index contributed by atoms with van der Waals surface area (Å²) in [5.74, 6) is 0.625. The van der Waals surface area contributed by atoms with Crippen molar-refractivity contribution in [3.63, 3.8) is 0 Å². The lowest BCUT2D eigenvalue weighted by Crippen LogP contribution is -2.55. The molecule has 3 heteroatoms. The predicted octanol–water partition coefficient (Wildman–Crippen LogP) is 4.99. The molecular weight excluding hydrogens is 306 g/mol. The lowest BCUT2D eigenvalue weighted by Gasteiger charge is -2.48. The van der Waals surface area contributed by atoms with E-state index in [4.69, 9.17) is 5.73 Å². The van der Waals surface area contributed by atoms with Gasteiger partial charge in [0.15, 0.2) is 0 Å². The van der Waals surface area contributed by atoms with Crippen molar-refractivity contribution in [1.82, 2.24) is 0 Å². The van der Waals surface area contributed by atoms with Gasteiger partial charge in [0.1, 0.15) is 0 Å². The Bertz CT molecular complexity index is 407. The second kappa shape index (κ2) is 5.26. The highest BCUT2D eigenvalue weighted by Crippen LogP contribution is 2.45. The summed E-state index contributed by atoms with van der Waals surface area (Å²) < 4.78 is 1.19. The molecule has 2 rings (SSSR count). The molecule has 1 aliphatic carbocycles. The molecule has 0 bridgehead atoms. The molecule has 0 spiro atoms. The van der Waals surface area contributed by atoms with E-state index in [1.54, 1.807) is 0 Å². The monoisotopic (exact) mass is 329 g/mol. The smallest absolute Gasteiger partial charge is 0.0285 e. The molecule has 0 saturated heterocycles. The van der Waals surface area contributed by atoms with Crippen LogP contribution in [0.25, 0.3) is 0 Å². The molecule has 0 aromatic carbocycles. The van der Waals surface area contributed by atoms with Crippen LogP contribution in [0.15, 0.2) is 15.9 Å². The van der Waals surface area contributed by atoms with Gasteiger partial charge in [-0.25, -0.2) is 0 Å². The van der Waals surface area contributed by atoms with Crippen LogP contribution in [0.1, 0.15) is 51.3 Å². The van der Waals surface area contributed by atoms with E-state index in [9.17, 15) is 0 Å². The average Bonchev–Trinajstić information content (AvgIpc) is 2.62. The number of thiophene rings is 1. The van der Waals surface area contributed by atoms with E-state index >= 15 is 0 Å². The molecule has 2 unspecified atom stereocenters. The highest BCUT2D eigenvalue weighted by atomic mass is 79.9. The van der Waals surface area contributed by atoms with Crippen molar-refractivity contribution in [3.05, 3.63) is 20.8 Å². The van der Waals surface area contributed by atoms with Crippen LogP contribution in [0.2, 0.25) is 0 Å². The van der Waals surface area contributed by atoms with Crippen molar-refractivity contribution in [2.45, 2.75) is 58.4 Å². The Morgan fingerprint density at radius 2 is 2.17 bits per heavy atom. The molecule has 102 valence electrons. The maximum atomic E-state index is 6.82. The fourth-order valence-electron chi connectivity index (χ4n) is 3.54. The summed E-state index contributed by atoms with van der Waals surface area (Å²) in [5, 5.41) is 2.16. The molecule has 0 radical (unpaired) electrons. The second-order valence-corrected chi connectivity index (χ2v) is 8.72. The van der Waals surface area contributed by atoms with Crippen LogP contribution >= 0.6 is 27.3 Å². The predicted molar refractivity (Wildman–Crippen MR) is 84.1 cm³/mol. The van der Waals surface area contributed by atoms with Crippen LogP contribution in [0.5, 0.6) is 0 Å². The van der Waals surface area contributed by atoms with Crippen LogP contribution in [-0.4, -0.2) is 5.54 Å². The summed E-state index contributed by atoms with van der Waals surface area (Å²) in [4.78, 5) is 1.42. The Labute approximate surface area is 123 Å². The zero-order valence-electron chi connectivity index (χ0n) is 11.6. The third kappa shape index (κ3) is 3.17. The molecule has 1 fully saturated rings. The van der Waals surface area contributed by atoms with Crippen molar-refractivity contribution in [1.29, 1.82) is 0 Å². The van der Waals surface area contributed by atoms with E-state index in [-0.39, 0.29) is 5.54 Å². The van der Waals surface area contributed by atoms with E-state index < -0.39 is 0 Å². The van der Waals surface area contributed by atoms with Crippen molar-refractivity contribution in [3.8, 4) is 0 Å². The summed E-state index contributed by atoms with van der Waals surface area (Å²) in [6.45, 7) is 7.03. The molecule has 1 saturated carbocycles. The van der Waals surface area contributed by atoms with Gasteiger partial charge in [-0.1, -0.05) is 33.6 Å². The molecule has 1 heterocycles. The number of hydrogen-bond acceptors (Lipinski definition) is 2. The fourth-order valence-corrected chi connectivity index (χ4v) is 5.13. The van der Waals surface area contributed by atoms with Crippen molar-refractivity contribution >= 4 is 27.3 Å². The van der Waals surface area contributed by atoms with E-state index in [1.807, 2.05) is 11.3 Å². The largest absolute Gasteiger partial charge is 0.325 e. The van der Waals surface area contributed by atoms with Crippen molar-refractivity contribution in [2.75, 3.05) is 0 Å². The van der Waals surface area contributed by atoms with Crippen LogP contribution in [0, 0.1) is 11.3 Å². The zero-order valence-corrected chi connectivity index (χ0v) is 14.0. The first-order valence-electron chi connectivity index (χ1n) is 6.83. The maximum Gasteiger partial charge on any atom is 0.0285 e. The summed E-state index contributed by atoms with van der Waals surface area (Å²) in [6, 6.07) is 2.23. The summed E-state index contributed by atoms with van der Waals surface area (Å²) in [5.41, 5.74) is 7.12. The van der Waals surface area contributed by atoms with Crippen molar-refractivity contribution < 1.29 is 0 Å². The third-order valence-corrected chi connectivity index (χ3v) is 5.95. The molecule has 1 aliphatic rings. The summed E-state index contributed by atoms with van der Waals surface area (Å²) in [7, 11) is 0. The van der Waals surface area contributed by atoms with Gasteiger partial charge in [0.25, 0.3) is 0 Å². The fraction of sp³-hybridized carbons (Fsp3) is 0.733. The molecule has 2 atom stereocenters. The van der Waals surface area contributed by atoms with E-state index in [1.165, 1.54) is 35.0 Å². The third-order valence-electron chi connectivity index (χ3n) is 4.25. The van der Waals surface area contributed by atoms with E-state index in [2.05, 4.69) is 48.1 Å². The van der Waals surface area contributed by atoms with Crippen LogP contribution < -0.4 is 5.73 Å². The van der Waals surface area contributed by atoms with Gasteiger partial charge in [-0.15, -0.1) is 11.3 Å². The van der Waals surface area contributed by atoms with Gasteiger partial charge in [-0.3, -0.25) is 0 Å². The van der Waals surface area contributed by atoms with Gasteiger partial charge in [-0.2, -0.15) is 0 Å². The van der Waals surface area contributed by atoms with Crippen molar-refractivity contribution in [2.24, 2.45) is 17.1 Å². The first kappa shape index (κ1) is 14.5.